The highest BCUT2D eigenvalue weighted by Crippen LogP contribution is 2.44. The van der Waals surface area contributed by atoms with Crippen LogP contribution in [0.3, 0.4) is 0 Å². The first-order valence-corrected chi connectivity index (χ1v) is 8.39. The number of phenolic OH excluding ortho intramolecular Hbond substituents is 2. The molecule has 132 valence electrons. The largest absolute Gasteiger partial charge is 0.508 e. The molecule has 1 unspecified atom stereocenters. The number of carbonyl (C=O) groups is 1. The zero-order valence-corrected chi connectivity index (χ0v) is 14.5. The van der Waals surface area contributed by atoms with Crippen LogP contribution in [0, 0.1) is 0 Å². The Morgan fingerprint density at radius 2 is 1.92 bits per heavy atom. The van der Waals surface area contributed by atoms with Gasteiger partial charge in [0.25, 0.3) is 0 Å². The number of hydrogen-bond donors (Lipinski definition) is 2. The second kappa shape index (κ2) is 7.15. The van der Waals surface area contributed by atoms with Gasteiger partial charge in [-0.05, 0) is 49.8 Å². The minimum Gasteiger partial charge on any atom is -0.508 e. The lowest BCUT2D eigenvalue weighted by atomic mass is 9.87. The van der Waals surface area contributed by atoms with Gasteiger partial charge in [0.15, 0.2) is 0 Å². The Bertz CT molecular complexity index is 755. The van der Waals surface area contributed by atoms with Crippen LogP contribution in [0.5, 0.6) is 17.2 Å². The van der Waals surface area contributed by atoms with Gasteiger partial charge in [-0.3, -0.25) is 0 Å². The Morgan fingerprint density at radius 1 is 1.20 bits per heavy atom. The maximum atomic E-state index is 11.6. The molecule has 2 aromatic carbocycles. The molecule has 0 fully saturated rings. The number of nitrogens with zero attached hydrogens (tertiary/aromatic N) is 1. The van der Waals surface area contributed by atoms with E-state index in [2.05, 4.69) is 0 Å². The van der Waals surface area contributed by atoms with E-state index in [-0.39, 0.29) is 23.5 Å². The van der Waals surface area contributed by atoms with Gasteiger partial charge in [0.1, 0.15) is 29.6 Å². The molecule has 2 atom stereocenters. The minimum absolute atomic E-state index is 0.190. The molecule has 3 rings (SSSR count). The molecule has 1 aliphatic rings. The summed E-state index contributed by atoms with van der Waals surface area (Å²) >= 11 is 0. The van der Waals surface area contributed by atoms with Crippen molar-refractivity contribution in [2.45, 2.75) is 24.9 Å². The molecule has 0 bridgehead atoms. The number of rotatable bonds is 5. The van der Waals surface area contributed by atoms with E-state index in [4.69, 9.17) is 4.74 Å². The maximum Gasteiger partial charge on any atom is 0.127 e. The van der Waals surface area contributed by atoms with Crippen LogP contribution in [-0.4, -0.2) is 42.0 Å². The quantitative estimate of drug-likeness (QED) is 0.818. The smallest absolute Gasteiger partial charge is 0.127 e. The Morgan fingerprint density at radius 3 is 2.56 bits per heavy atom. The highest BCUT2D eigenvalue weighted by atomic mass is 16.5. The summed E-state index contributed by atoms with van der Waals surface area (Å²) in [6.07, 6.45) is 1.91. The van der Waals surface area contributed by atoms with E-state index < -0.39 is 0 Å². The van der Waals surface area contributed by atoms with E-state index in [1.165, 1.54) is 0 Å². The summed E-state index contributed by atoms with van der Waals surface area (Å²) in [6.45, 7) is 0.815. The third kappa shape index (κ3) is 3.77. The second-order valence-corrected chi connectivity index (χ2v) is 6.75. The number of likely N-dealkylation sites (N-methyl/N-ethyl adjacent to an activating group) is 1. The Labute approximate surface area is 147 Å². The van der Waals surface area contributed by atoms with Crippen molar-refractivity contribution in [2.24, 2.45) is 0 Å². The Kier molecular flexibility index (Phi) is 4.95. The molecule has 0 spiro atoms. The van der Waals surface area contributed by atoms with Crippen LogP contribution < -0.4 is 4.74 Å². The number of aldehydes is 1. The van der Waals surface area contributed by atoms with Gasteiger partial charge in [-0.1, -0.05) is 12.1 Å². The average molecular weight is 341 g/mol. The van der Waals surface area contributed by atoms with Crippen LogP contribution in [0.25, 0.3) is 0 Å². The number of phenols is 2. The molecule has 0 radical (unpaired) electrons. The van der Waals surface area contributed by atoms with Gasteiger partial charge in [0.2, 0.25) is 0 Å². The number of ether oxygens (including phenoxy) is 1. The molecular formula is C20H23NO4. The van der Waals surface area contributed by atoms with E-state index in [0.29, 0.717) is 18.6 Å². The molecule has 2 aromatic rings. The van der Waals surface area contributed by atoms with Crippen LogP contribution in [-0.2, 0) is 11.2 Å². The highest BCUT2D eigenvalue weighted by molar-refractivity contribution is 5.67. The lowest BCUT2D eigenvalue weighted by Gasteiger charge is -2.31. The fraction of sp³-hybridized carbons (Fsp3) is 0.350. The molecule has 1 aliphatic heterocycles. The van der Waals surface area contributed by atoms with Crippen molar-refractivity contribution < 1.29 is 19.7 Å². The van der Waals surface area contributed by atoms with Gasteiger partial charge >= 0.3 is 0 Å². The van der Waals surface area contributed by atoms with Gasteiger partial charge in [-0.2, -0.15) is 0 Å². The van der Waals surface area contributed by atoms with Crippen molar-refractivity contribution in [3.63, 3.8) is 0 Å². The standard InChI is InChI=1S/C20H23NO4/c1-21(2)8-7-14-9-17-15(12-22)10-19(25-20(17)11-18(14)24)13-3-5-16(23)6-4-13/h3-6,9,11-12,15,19,23-24H,7-8,10H2,1-2H3/t15?,19-/m0/s1. The number of aromatic hydroxyl groups is 2. The Hall–Kier alpha value is -2.53. The summed E-state index contributed by atoms with van der Waals surface area (Å²) in [5, 5.41) is 19.7. The minimum atomic E-state index is -0.282. The third-order valence-electron chi connectivity index (χ3n) is 4.61. The number of hydrogen-bond acceptors (Lipinski definition) is 5. The lowest BCUT2D eigenvalue weighted by molar-refractivity contribution is -0.110. The fourth-order valence-electron chi connectivity index (χ4n) is 3.15. The molecule has 0 aliphatic carbocycles. The van der Waals surface area contributed by atoms with E-state index >= 15 is 0 Å². The first-order chi connectivity index (χ1) is 12.0. The van der Waals surface area contributed by atoms with Gasteiger partial charge in [0.05, 0.1) is 0 Å². The summed E-state index contributed by atoms with van der Waals surface area (Å²) in [5.74, 6) is 0.653. The predicted octanol–water partition coefficient (Wildman–Crippen LogP) is 3.01. The van der Waals surface area contributed by atoms with Crippen molar-refractivity contribution >= 4 is 6.29 Å². The molecule has 0 saturated carbocycles. The normalized spacial score (nSPS) is 19.3. The van der Waals surface area contributed by atoms with Crippen LogP contribution in [0.2, 0.25) is 0 Å². The molecule has 2 N–H and O–H groups in total. The zero-order chi connectivity index (χ0) is 18.0. The topological polar surface area (TPSA) is 70.0 Å². The number of carbonyl (C=O) groups excluding carboxylic acids is 1. The highest BCUT2D eigenvalue weighted by Gasteiger charge is 2.30. The first-order valence-electron chi connectivity index (χ1n) is 8.39. The van der Waals surface area contributed by atoms with E-state index in [1.807, 2.05) is 25.1 Å². The molecule has 1 heterocycles. The monoisotopic (exact) mass is 341 g/mol. The van der Waals surface area contributed by atoms with E-state index in [0.717, 1.165) is 29.5 Å². The first kappa shape index (κ1) is 17.3. The summed E-state index contributed by atoms with van der Waals surface area (Å²) in [6, 6.07) is 10.3. The van der Waals surface area contributed by atoms with Crippen LogP contribution >= 0.6 is 0 Å². The van der Waals surface area contributed by atoms with Crippen molar-refractivity contribution in [1.29, 1.82) is 0 Å². The third-order valence-corrected chi connectivity index (χ3v) is 4.61. The van der Waals surface area contributed by atoms with Crippen molar-refractivity contribution in [2.75, 3.05) is 20.6 Å². The predicted molar refractivity (Wildman–Crippen MR) is 95.3 cm³/mol. The molecule has 0 amide bonds. The second-order valence-electron chi connectivity index (χ2n) is 6.75. The van der Waals surface area contributed by atoms with Crippen molar-refractivity contribution in [3.8, 4) is 17.2 Å². The van der Waals surface area contributed by atoms with Gasteiger partial charge in [0, 0.05) is 30.5 Å². The molecule has 25 heavy (non-hydrogen) atoms. The summed E-state index contributed by atoms with van der Waals surface area (Å²) in [5.41, 5.74) is 2.55. The van der Waals surface area contributed by atoms with E-state index in [1.54, 1.807) is 30.3 Å². The Balaban J connectivity index is 1.90. The van der Waals surface area contributed by atoms with Crippen LogP contribution in [0.1, 0.15) is 35.1 Å². The molecular weight excluding hydrogens is 318 g/mol. The summed E-state index contributed by atoms with van der Waals surface area (Å²) in [7, 11) is 3.96. The average Bonchev–Trinajstić information content (AvgIpc) is 2.59. The van der Waals surface area contributed by atoms with Gasteiger partial charge in [-0.15, -0.1) is 0 Å². The number of benzene rings is 2. The number of fused-ring (bicyclic) bond motifs is 1. The van der Waals surface area contributed by atoms with Crippen LogP contribution in [0.4, 0.5) is 0 Å². The zero-order valence-electron chi connectivity index (χ0n) is 14.5. The lowest BCUT2D eigenvalue weighted by Crippen LogP contribution is -2.21. The van der Waals surface area contributed by atoms with Crippen LogP contribution in [0.15, 0.2) is 36.4 Å². The maximum absolute atomic E-state index is 11.6. The SMILES string of the molecule is CN(C)CCc1cc2c(cc1O)O[C@H](c1ccc(O)cc1)CC2C=O. The fourth-order valence-corrected chi connectivity index (χ4v) is 3.15. The summed E-state index contributed by atoms with van der Waals surface area (Å²) in [4.78, 5) is 13.7. The van der Waals surface area contributed by atoms with Crippen molar-refractivity contribution in [3.05, 3.63) is 53.1 Å². The van der Waals surface area contributed by atoms with Gasteiger partial charge in [-0.25, -0.2) is 0 Å². The molecule has 5 heteroatoms. The summed E-state index contributed by atoms with van der Waals surface area (Å²) < 4.78 is 6.04. The molecule has 5 nitrogen and oxygen atoms in total. The van der Waals surface area contributed by atoms with Crippen molar-refractivity contribution in [1.82, 2.24) is 4.90 Å². The van der Waals surface area contributed by atoms with Gasteiger partial charge < -0.3 is 24.6 Å². The van der Waals surface area contributed by atoms with E-state index in [9.17, 15) is 15.0 Å². The molecule has 0 saturated heterocycles. The molecule has 0 aromatic heterocycles.